The van der Waals surface area contributed by atoms with Crippen LogP contribution in [0.25, 0.3) is 0 Å². The van der Waals surface area contributed by atoms with Gasteiger partial charge in [-0.1, -0.05) is 24.3 Å². The number of carbonyl (C=O) groups excluding carboxylic acids is 2. The Morgan fingerprint density at radius 1 is 0.829 bits per heavy atom. The lowest BCUT2D eigenvalue weighted by atomic mass is 10.1. The summed E-state index contributed by atoms with van der Waals surface area (Å²) >= 11 is 0. The number of hydrogen-bond donors (Lipinski definition) is 0. The summed E-state index contributed by atoms with van der Waals surface area (Å²) in [5.41, 5.74) is 1.50. The second kappa shape index (κ2) is 10.7. The summed E-state index contributed by atoms with van der Waals surface area (Å²) in [6.07, 6.45) is 0.168. The van der Waals surface area contributed by atoms with Gasteiger partial charge in [-0.15, -0.1) is 0 Å². The Bertz CT molecular complexity index is 1210. The molecule has 3 aromatic rings. The second-order valence-electron chi connectivity index (χ2n) is 8.67. The fourth-order valence-electron chi connectivity index (χ4n) is 4.04. The predicted octanol–water partition coefficient (Wildman–Crippen LogP) is 4.27. The topological polar surface area (TPSA) is 43.9 Å². The van der Waals surface area contributed by atoms with Crippen molar-refractivity contribution in [3.8, 4) is 0 Å². The summed E-state index contributed by atoms with van der Waals surface area (Å²) in [5, 5.41) is 0. The third-order valence-electron chi connectivity index (χ3n) is 6.09. The zero-order chi connectivity index (χ0) is 24.9. The maximum Gasteiger partial charge on any atom is 0.261 e. The molecule has 8 heteroatoms. The molecule has 3 aromatic carbocycles. The quantitative estimate of drug-likeness (QED) is 0.528. The first kappa shape index (κ1) is 24.5. The highest BCUT2D eigenvalue weighted by Gasteiger charge is 2.23. The third-order valence-corrected chi connectivity index (χ3v) is 6.09. The van der Waals surface area contributed by atoms with Gasteiger partial charge in [0, 0.05) is 37.9 Å². The first-order valence-electron chi connectivity index (χ1n) is 11.4. The van der Waals surface area contributed by atoms with Crippen LogP contribution in [0, 0.1) is 17.5 Å². The van der Waals surface area contributed by atoms with Gasteiger partial charge in [0.2, 0.25) is 5.91 Å². The Kier molecular flexibility index (Phi) is 7.51. The fraction of sp³-hybridized carbons (Fsp3) is 0.259. The zero-order valence-corrected chi connectivity index (χ0v) is 19.4. The predicted molar refractivity (Wildman–Crippen MR) is 127 cm³/mol. The van der Waals surface area contributed by atoms with E-state index in [0.29, 0.717) is 36.0 Å². The number of rotatable bonds is 6. The van der Waals surface area contributed by atoms with Crippen LogP contribution >= 0.6 is 0 Å². The molecular weight excluding hydrogens is 455 g/mol. The van der Waals surface area contributed by atoms with Crippen LogP contribution in [0.1, 0.15) is 21.5 Å². The van der Waals surface area contributed by atoms with E-state index in [-0.39, 0.29) is 24.4 Å². The van der Waals surface area contributed by atoms with Gasteiger partial charge in [0.25, 0.3) is 5.91 Å². The van der Waals surface area contributed by atoms with E-state index in [4.69, 9.17) is 0 Å². The smallest absolute Gasteiger partial charge is 0.261 e. The van der Waals surface area contributed by atoms with E-state index in [0.717, 1.165) is 25.2 Å². The number of hydrogen-bond acceptors (Lipinski definition) is 3. The van der Waals surface area contributed by atoms with E-state index in [2.05, 4.69) is 4.90 Å². The molecule has 1 aliphatic rings. The number of likely N-dealkylation sites (N-methyl/N-ethyl adjacent to an activating group) is 1. The number of halogens is 3. The Labute approximate surface area is 202 Å². The lowest BCUT2D eigenvalue weighted by Gasteiger charge is -2.32. The molecule has 0 saturated carbocycles. The maximum absolute atomic E-state index is 14.5. The van der Waals surface area contributed by atoms with Crippen molar-refractivity contribution in [3.05, 3.63) is 101 Å². The molecule has 4 rings (SSSR count). The van der Waals surface area contributed by atoms with Gasteiger partial charge < -0.3 is 14.7 Å². The van der Waals surface area contributed by atoms with E-state index in [9.17, 15) is 22.8 Å². The average Bonchev–Trinajstić information content (AvgIpc) is 2.84. The molecule has 1 saturated heterocycles. The van der Waals surface area contributed by atoms with Crippen LogP contribution in [0.5, 0.6) is 0 Å². The first-order valence-corrected chi connectivity index (χ1v) is 11.4. The average molecular weight is 482 g/mol. The molecule has 35 heavy (non-hydrogen) atoms. The largest absolute Gasteiger partial charge is 0.340 e. The summed E-state index contributed by atoms with van der Waals surface area (Å²) in [4.78, 5) is 31.5. The molecule has 1 aliphatic heterocycles. The molecular formula is C27H26F3N3O2. The third kappa shape index (κ3) is 6.08. The Morgan fingerprint density at radius 2 is 1.51 bits per heavy atom. The van der Waals surface area contributed by atoms with Gasteiger partial charge in [-0.05, 0) is 54.6 Å². The van der Waals surface area contributed by atoms with Gasteiger partial charge in [0.1, 0.15) is 17.5 Å². The minimum absolute atomic E-state index is 0.00348. The highest BCUT2D eigenvalue weighted by atomic mass is 19.1. The SMILES string of the molecule is CN1CCN(C(=O)Cc2cccc(N(Cc3ccc(F)cc3)C(=O)c3ccc(F)cc3F)c2)CC1. The minimum atomic E-state index is -0.972. The van der Waals surface area contributed by atoms with Gasteiger partial charge in [0.05, 0.1) is 18.5 Å². The van der Waals surface area contributed by atoms with Crippen molar-refractivity contribution in [2.24, 2.45) is 0 Å². The number of benzene rings is 3. The Morgan fingerprint density at radius 3 is 2.20 bits per heavy atom. The summed E-state index contributed by atoms with van der Waals surface area (Å²) in [7, 11) is 2.02. The van der Waals surface area contributed by atoms with Crippen molar-refractivity contribution in [3.63, 3.8) is 0 Å². The van der Waals surface area contributed by atoms with Crippen LogP contribution in [0.15, 0.2) is 66.7 Å². The summed E-state index contributed by atoms with van der Waals surface area (Å²) in [5.74, 6) is -2.85. The van der Waals surface area contributed by atoms with Gasteiger partial charge in [-0.25, -0.2) is 13.2 Å². The monoisotopic (exact) mass is 481 g/mol. The minimum Gasteiger partial charge on any atom is -0.340 e. The number of piperazine rings is 1. The zero-order valence-electron chi connectivity index (χ0n) is 19.4. The summed E-state index contributed by atoms with van der Waals surface area (Å²) < 4.78 is 41.3. The molecule has 0 N–H and O–H groups in total. The number of amides is 2. The van der Waals surface area contributed by atoms with Gasteiger partial charge in [0.15, 0.2) is 0 Å². The molecule has 0 atom stereocenters. The summed E-state index contributed by atoms with van der Waals surface area (Å²) in [6, 6.07) is 15.4. The standard InChI is InChI=1S/C27H26F3N3O2/c1-31-11-13-32(14-12-31)26(34)16-20-3-2-4-23(15-20)33(18-19-5-7-21(28)8-6-19)27(35)24-10-9-22(29)17-25(24)30/h2-10,15,17H,11-14,16,18H2,1H3. The van der Waals surface area contributed by atoms with Crippen molar-refractivity contribution in [2.75, 3.05) is 38.1 Å². The van der Waals surface area contributed by atoms with Crippen molar-refractivity contribution in [1.82, 2.24) is 9.80 Å². The van der Waals surface area contributed by atoms with Crippen molar-refractivity contribution >= 4 is 17.5 Å². The number of anilines is 1. The lowest BCUT2D eigenvalue weighted by Crippen LogP contribution is -2.47. The molecule has 5 nitrogen and oxygen atoms in total. The van der Waals surface area contributed by atoms with E-state index >= 15 is 0 Å². The normalized spacial score (nSPS) is 14.1. The van der Waals surface area contributed by atoms with Crippen LogP contribution in [-0.2, 0) is 17.8 Å². The molecule has 1 heterocycles. The van der Waals surface area contributed by atoms with Crippen LogP contribution < -0.4 is 4.90 Å². The molecule has 0 spiro atoms. The molecule has 0 aliphatic carbocycles. The molecule has 182 valence electrons. The molecule has 0 bridgehead atoms. The van der Waals surface area contributed by atoms with E-state index in [1.807, 2.05) is 11.9 Å². The van der Waals surface area contributed by atoms with Gasteiger partial charge in [-0.2, -0.15) is 0 Å². The molecule has 2 amide bonds. The van der Waals surface area contributed by atoms with Crippen molar-refractivity contribution < 1.29 is 22.8 Å². The van der Waals surface area contributed by atoms with Gasteiger partial charge in [-0.3, -0.25) is 9.59 Å². The molecule has 0 aromatic heterocycles. The van der Waals surface area contributed by atoms with Crippen molar-refractivity contribution in [2.45, 2.75) is 13.0 Å². The van der Waals surface area contributed by atoms with Gasteiger partial charge >= 0.3 is 0 Å². The number of carbonyl (C=O) groups is 2. The first-order chi connectivity index (χ1) is 16.8. The lowest BCUT2D eigenvalue weighted by molar-refractivity contribution is -0.132. The molecule has 1 fully saturated rings. The van der Waals surface area contributed by atoms with Crippen LogP contribution in [-0.4, -0.2) is 54.8 Å². The van der Waals surface area contributed by atoms with Crippen LogP contribution in [0.2, 0.25) is 0 Å². The van der Waals surface area contributed by atoms with Crippen LogP contribution in [0.4, 0.5) is 18.9 Å². The maximum atomic E-state index is 14.5. The van der Waals surface area contributed by atoms with Crippen molar-refractivity contribution in [1.29, 1.82) is 0 Å². The second-order valence-corrected chi connectivity index (χ2v) is 8.67. The highest BCUT2D eigenvalue weighted by Crippen LogP contribution is 2.24. The Hall–Kier alpha value is -3.65. The Balaban J connectivity index is 1.61. The molecule has 0 unspecified atom stereocenters. The molecule has 0 radical (unpaired) electrons. The fourth-order valence-corrected chi connectivity index (χ4v) is 4.04. The van der Waals surface area contributed by atoms with E-state index < -0.39 is 23.4 Å². The highest BCUT2D eigenvalue weighted by molar-refractivity contribution is 6.06. The number of nitrogens with zero attached hydrogens (tertiary/aromatic N) is 3. The van der Waals surface area contributed by atoms with E-state index in [1.165, 1.54) is 29.2 Å². The van der Waals surface area contributed by atoms with E-state index in [1.54, 1.807) is 24.3 Å². The summed E-state index contributed by atoms with van der Waals surface area (Å²) in [6.45, 7) is 2.98. The van der Waals surface area contributed by atoms with Crippen LogP contribution in [0.3, 0.4) is 0 Å².